The maximum atomic E-state index is 14.7. The maximum absolute atomic E-state index is 14.7. The molecular weight excluding hydrogens is 908 g/mol. The summed E-state index contributed by atoms with van der Waals surface area (Å²) < 4.78 is 19.3. The van der Waals surface area contributed by atoms with E-state index < -0.39 is 5.82 Å². The summed E-state index contributed by atoms with van der Waals surface area (Å²) in [6.07, 6.45) is 1.96. The zero-order valence-corrected chi connectivity index (χ0v) is 46.0. The summed E-state index contributed by atoms with van der Waals surface area (Å²) in [5.74, 6) is -0.148. The van der Waals surface area contributed by atoms with Crippen LogP contribution in [-0.4, -0.2) is 24.2 Å². The van der Waals surface area contributed by atoms with E-state index in [9.17, 15) is 9.50 Å². The monoisotopic (exact) mass is 979 g/mol. The molecule has 0 spiro atoms. The van der Waals surface area contributed by atoms with Crippen LogP contribution < -0.4 is 0 Å². The highest BCUT2D eigenvalue weighted by Crippen LogP contribution is 2.45. The van der Waals surface area contributed by atoms with Crippen molar-refractivity contribution in [3.8, 4) is 62.0 Å². The van der Waals surface area contributed by atoms with Gasteiger partial charge >= 0.3 is 0 Å². The third-order valence-corrected chi connectivity index (χ3v) is 14.9. The zero-order chi connectivity index (χ0) is 53.0. The molecule has 0 aliphatic carbocycles. The lowest BCUT2D eigenvalue weighted by atomic mass is 9.80. The van der Waals surface area contributed by atoms with Crippen molar-refractivity contribution in [1.82, 2.24) is 19.1 Å². The Morgan fingerprint density at radius 2 is 1.03 bits per heavy atom. The van der Waals surface area contributed by atoms with Crippen molar-refractivity contribution >= 4 is 32.8 Å². The first-order chi connectivity index (χ1) is 34.6. The number of imidazole rings is 1. The molecule has 0 saturated carbocycles. The first-order valence-electron chi connectivity index (χ1n) is 26.1. The SMILES string of the molecule is CC(C)(C)c1cc(-c2cc(-c3cc(C(C)(C)C)cc4c5cc(C(C)(C)C)ccc5n(-c5ccccc5)c34)ccn2)cc(-c2cccc3c2nc(-c2ccc(F)cc2O)n3-c2cc(C(C)(C)C)cc(C(C)(C)C)c2)c1. The standard InChI is InChI=1S/C68H71FN4O/c1-64(2,3)44-24-27-58-55(37-44)56-39-48(68(13,14)15)38-54(62(56)72(58)50-20-17-16-18-21-50)41-28-29-70-57(33-41)43-30-42(31-45(32-43)65(4,5)6)52-22-19-23-59-61(52)71-63(53-26-25-49(69)40-60(53)74)73(59)51-35-46(66(7,8)9)34-47(36-51)67(10,11)12/h16-40,74H,1-15H3. The van der Waals surface area contributed by atoms with Gasteiger partial charge in [-0.05, 0) is 157 Å². The van der Waals surface area contributed by atoms with Gasteiger partial charge in [0.2, 0.25) is 0 Å². The van der Waals surface area contributed by atoms with Crippen LogP contribution in [0.15, 0.2) is 152 Å². The zero-order valence-electron chi connectivity index (χ0n) is 46.0. The molecule has 0 unspecified atom stereocenters. The number of benzene rings is 7. The summed E-state index contributed by atoms with van der Waals surface area (Å²) in [7, 11) is 0. The second-order valence-electron chi connectivity index (χ2n) is 25.7. The van der Waals surface area contributed by atoms with Gasteiger partial charge < -0.3 is 9.67 Å². The van der Waals surface area contributed by atoms with Crippen molar-refractivity contribution in [2.45, 2.75) is 131 Å². The van der Waals surface area contributed by atoms with Crippen molar-refractivity contribution in [1.29, 1.82) is 0 Å². The van der Waals surface area contributed by atoms with E-state index in [2.05, 4.69) is 240 Å². The van der Waals surface area contributed by atoms with Gasteiger partial charge in [-0.3, -0.25) is 9.55 Å². The Morgan fingerprint density at radius 3 is 1.66 bits per heavy atom. The van der Waals surface area contributed by atoms with Gasteiger partial charge in [-0.1, -0.05) is 152 Å². The summed E-state index contributed by atoms with van der Waals surface area (Å²) in [4.78, 5) is 10.6. The second kappa shape index (κ2) is 17.7. The molecule has 0 atom stereocenters. The molecular formula is C68H71FN4O. The molecule has 0 saturated heterocycles. The number of rotatable bonds is 6. The molecule has 0 bridgehead atoms. The topological polar surface area (TPSA) is 55.9 Å². The van der Waals surface area contributed by atoms with Crippen LogP contribution in [0.5, 0.6) is 5.75 Å². The molecule has 1 N–H and O–H groups in total. The fourth-order valence-corrected chi connectivity index (χ4v) is 10.3. The van der Waals surface area contributed by atoms with Gasteiger partial charge in [-0.25, -0.2) is 9.37 Å². The molecule has 376 valence electrons. The third kappa shape index (κ3) is 9.22. The van der Waals surface area contributed by atoms with Crippen molar-refractivity contribution < 1.29 is 9.50 Å². The Labute approximate surface area is 437 Å². The summed E-state index contributed by atoms with van der Waals surface area (Å²) in [5.41, 5.74) is 18.0. The summed E-state index contributed by atoms with van der Waals surface area (Å²) >= 11 is 0. The molecule has 10 rings (SSSR count). The van der Waals surface area contributed by atoms with Gasteiger partial charge in [-0.2, -0.15) is 0 Å². The van der Waals surface area contributed by atoms with Crippen LogP contribution in [0.2, 0.25) is 0 Å². The number of para-hydroxylation sites is 2. The highest BCUT2D eigenvalue weighted by molar-refractivity contribution is 6.14. The number of nitrogens with zero attached hydrogens (tertiary/aromatic N) is 4. The molecule has 5 nitrogen and oxygen atoms in total. The predicted octanol–water partition coefficient (Wildman–Crippen LogP) is 18.5. The molecule has 6 heteroatoms. The van der Waals surface area contributed by atoms with Gasteiger partial charge in [0.05, 0.1) is 33.3 Å². The van der Waals surface area contributed by atoms with Gasteiger partial charge in [0.15, 0.2) is 0 Å². The number of aromatic nitrogens is 4. The van der Waals surface area contributed by atoms with E-state index in [4.69, 9.17) is 9.97 Å². The lowest BCUT2D eigenvalue weighted by Crippen LogP contribution is -2.17. The molecule has 0 fully saturated rings. The Bertz CT molecular complexity index is 3780. The number of phenolic OH excluding ortho intramolecular Hbond substituents is 1. The maximum Gasteiger partial charge on any atom is 0.149 e. The van der Waals surface area contributed by atoms with E-state index >= 15 is 0 Å². The van der Waals surface area contributed by atoms with Crippen molar-refractivity contribution in [2.75, 3.05) is 0 Å². The normalized spacial score (nSPS) is 12.9. The summed E-state index contributed by atoms with van der Waals surface area (Å²) in [6.45, 7) is 33.9. The van der Waals surface area contributed by atoms with E-state index in [1.54, 1.807) is 6.07 Å². The molecule has 7 aromatic carbocycles. The number of pyridine rings is 1. The highest BCUT2D eigenvalue weighted by Gasteiger charge is 2.28. The number of fused-ring (bicyclic) bond motifs is 4. The minimum atomic E-state index is -0.511. The number of halogens is 1. The van der Waals surface area contributed by atoms with Gasteiger partial charge in [0, 0.05) is 51.1 Å². The van der Waals surface area contributed by atoms with Crippen LogP contribution in [0.3, 0.4) is 0 Å². The average molecular weight is 979 g/mol. The quantitative estimate of drug-likeness (QED) is 0.181. The van der Waals surface area contributed by atoms with Crippen LogP contribution in [0.4, 0.5) is 4.39 Å². The Kier molecular flexibility index (Phi) is 12.0. The fourth-order valence-electron chi connectivity index (χ4n) is 10.3. The van der Waals surface area contributed by atoms with Crippen molar-refractivity contribution in [2.24, 2.45) is 0 Å². The minimum Gasteiger partial charge on any atom is -0.507 e. The third-order valence-electron chi connectivity index (χ3n) is 14.9. The second-order valence-corrected chi connectivity index (χ2v) is 25.7. The number of aromatic hydroxyl groups is 1. The van der Waals surface area contributed by atoms with Crippen LogP contribution >= 0.6 is 0 Å². The minimum absolute atomic E-state index is 0.0200. The van der Waals surface area contributed by atoms with Gasteiger partial charge in [0.1, 0.15) is 17.4 Å². The molecule has 0 amide bonds. The van der Waals surface area contributed by atoms with E-state index in [-0.39, 0.29) is 32.8 Å². The number of phenols is 1. The van der Waals surface area contributed by atoms with Crippen LogP contribution in [-0.2, 0) is 27.1 Å². The largest absolute Gasteiger partial charge is 0.507 e. The summed E-state index contributed by atoms with van der Waals surface area (Å²) in [5, 5.41) is 13.9. The fraction of sp³-hybridized carbons (Fsp3) is 0.294. The number of hydrogen-bond acceptors (Lipinski definition) is 3. The van der Waals surface area contributed by atoms with Crippen LogP contribution in [0, 0.1) is 5.82 Å². The van der Waals surface area contributed by atoms with Gasteiger partial charge in [-0.15, -0.1) is 0 Å². The first-order valence-corrected chi connectivity index (χ1v) is 26.1. The lowest BCUT2D eigenvalue weighted by Gasteiger charge is -2.27. The van der Waals surface area contributed by atoms with Crippen LogP contribution in [0.25, 0.3) is 89.1 Å². The van der Waals surface area contributed by atoms with Crippen molar-refractivity contribution in [3.63, 3.8) is 0 Å². The lowest BCUT2D eigenvalue weighted by molar-refractivity contribution is 0.470. The number of hydrogen-bond donors (Lipinski definition) is 1. The Hall–Kier alpha value is -7.31. The smallest absolute Gasteiger partial charge is 0.149 e. The highest BCUT2D eigenvalue weighted by atomic mass is 19.1. The molecule has 10 aromatic rings. The average Bonchev–Trinajstić information content (AvgIpc) is 3.88. The first kappa shape index (κ1) is 50.2. The Morgan fingerprint density at radius 1 is 0.419 bits per heavy atom. The summed E-state index contributed by atoms with van der Waals surface area (Å²) in [6, 6.07) is 51.1. The molecule has 74 heavy (non-hydrogen) atoms. The van der Waals surface area contributed by atoms with E-state index in [0.717, 1.165) is 61.5 Å². The molecule has 0 radical (unpaired) electrons. The predicted molar refractivity (Wildman–Crippen MR) is 310 cm³/mol. The molecule has 3 aromatic heterocycles. The molecule has 0 aliphatic rings. The van der Waals surface area contributed by atoms with E-state index in [1.807, 2.05) is 6.20 Å². The molecule has 0 aliphatic heterocycles. The van der Waals surface area contributed by atoms with E-state index in [0.29, 0.717) is 11.4 Å². The van der Waals surface area contributed by atoms with Gasteiger partial charge in [0.25, 0.3) is 0 Å². The van der Waals surface area contributed by atoms with E-state index in [1.165, 1.54) is 56.2 Å². The molecule has 3 heterocycles. The van der Waals surface area contributed by atoms with Crippen molar-refractivity contribution in [3.05, 3.63) is 185 Å². The Balaban J connectivity index is 1.22. The van der Waals surface area contributed by atoms with Crippen LogP contribution in [0.1, 0.15) is 132 Å².